The topological polar surface area (TPSA) is 55.8 Å². The van der Waals surface area contributed by atoms with E-state index in [1.807, 2.05) is 30.3 Å². The largest absolute Gasteiger partial charge is 0.467 e. The van der Waals surface area contributed by atoms with Crippen LogP contribution in [0.3, 0.4) is 0 Å². The predicted octanol–water partition coefficient (Wildman–Crippen LogP) is 1.27. The van der Waals surface area contributed by atoms with E-state index >= 15 is 0 Å². The van der Waals surface area contributed by atoms with Crippen molar-refractivity contribution >= 4 is 5.97 Å². The van der Waals surface area contributed by atoms with Crippen molar-refractivity contribution in [2.45, 2.75) is 31.2 Å². The van der Waals surface area contributed by atoms with Crippen LogP contribution >= 0.6 is 0 Å². The molecule has 0 aliphatic heterocycles. The van der Waals surface area contributed by atoms with E-state index in [2.05, 4.69) is 4.74 Å². The lowest BCUT2D eigenvalue weighted by molar-refractivity contribution is -0.192. The summed E-state index contributed by atoms with van der Waals surface area (Å²) < 4.78 is 10.1. The Bertz CT molecular complexity index is 382. The van der Waals surface area contributed by atoms with Gasteiger partial charge in [0.2, 0.25) is 0 Å². The highest BCUT2D eigenvalue weighted by molar-refractivity contribution is 5.80. The van der Waals surface area contributed by atoms with Gasteiger partial charge in [-0.2, -0.15) is 0 Å². The lowest BCUT2D eigenvalue weighted by atomic mass is 9.77. The molecule has 1 aliphatic carbocycles. The van der Waals surface area contributed by atoms with Crippen LogP contribution in [0.15, 0.2) is 30.3 Å². The molecule has 0 amide bonds. The molecule has 0 unspecified atom stereocenters. The molecule has 0 saturated heterocycles. The number of aliphatic hydroxyl groups is 1. The van der Waals surface area contributed by atoms with Gasteiger partial charge in [0.05, 0.1) is 19.8 Å². The Morgan fingerprint density at radius 1 is 1.41 bits per heavy atom. The summed E-state index contributed by atoms with van der Waals surface area (Å²) in [6.07, 6.45) is 0.554. The number of esters is 1. The molecule has 1 aromatic rings. The van der Waals surface area contributed by atoms with Crippen molar-refractivity contribution in [3.05, 3.63) is 35.9 Å². The first-order valence-corrected chi connectivity index (χ1v) is 5.60. The standard InChI is InChI=1S/C13H16O4/c1-16-12(14)13(15)7-11(8-13)17-9-10-5-3-2-4-6-10/h2-6,11,15H,7-9H2,1H3. The van der Waals surface area contributed by atoms with Gasteiger partial charge in [0.1, 0.15) is 0 Å². The van der Waals surface area contributed by atoms with Crippen molar-refractivity contribution < 1.29 is 19.4 Å². The number of benzene rings is 1. The molecular formula is C13H16O4. The second-order valence-electron chi connectivity index (χ2n) is 4.35. The SMILES string of the molecule is COC(=O)C1(O)CC(OCc2ccccc2)C1. The van der Waals surface area contributed by atoms with Gasteiger partial charge < -0.3 is 14.6 Å². The maximum atomic E-state index is 11.2. The van der Waals surface area contributed by atoms with Crippen LogP contribution in [-0.2, 0) is 20.9 Å². The van der Waals surface area contributed by atoms with Crippen molar-refractivity contribution in [2.24, 2.45) is 0 Å². The molecule has 0 heterocycles. The Morgan fingerprint density at radius 3 is 2.65 bits per heavy atom. The number of methoxy groups -OCH3 is 1. The Hall–Kier alpha value is -1.39. The van der Waals surface area contributed by atoms with Crippen LogP contribution in [0, 0.1) is 0 Å². The first-order chi connectivity index (χ1) is 8.14. The summed E-state index contributed by atoms with van der Waals surface area (Å²) in [7, 11) is 1.28. The lowest BCUT2D eigenvalue weighted by Crippen LogP contribution is -2.54. The van der Waals surface area contributed by atoms with Gasteiger partial charge in [-0.05, 0) is 5.56 Å². The summed E-state index contributed by atoms with van der Waals surface area (Å²) in [5.41, 5.74) is -0.253. The molecule has 1 fully saturated rings. The minimum atomic E-state index is -1.34. The summed E-state index contributed by atoms with van der Waals surface area (Å²) >= 11 is 0. The van der Waals surface area contributed by atoms with Crippen LogP contribution in [0.25, 0.3) is 0 Å². The molecule has 2 rings (SSSR count). The van der Waals surface area contributed by atoms with Gasteiger partial charge in [0, 0.05) is 12.8 Å². The van der Waals surface area contributed by atoms with E-state index in [1.165, 1.54) is 7.11 Å². The van der Waals surface area contributed by atoms with E-state index in [-0.39, 0.29) is 6.10 Å². The average molecular weight is 236 g/mol. The summed E-state index contributed by atoms with van der Waals surface area (Å²) in [5, 5.41) is 9.79. The highest BCUT2D eigenvalue weighted by atomic mass is 16.5. The van der Waals surface area contributed by atoms with Crippen molar-refractivity contribution in [2.75, 3.05) is 7.11 Å². The van der Waals surface area contributed by atoms with Gasteiger partial charge in [-0.1, -0.05) is 30.3 Å². The second-order valence-corrected chi connectivity index (χ2v) is 4.35. The number of hydrogen-bond donors (Lipinski definition) is 1. The number of carbonyl (C=O) groups is 1. The van der Waals surface area contributed by atoms with Gasteiger partial charge >= 0.3 is 5.97 Å². The van der Waals surface area contributed by atoms with E-state index < -0.39 is 11.6 Å². The average Bonchev–Trinajstić information content (AvgIpc) is 2.33. The van der Waals surface area contributed by atoms with Crippen LogP contribution < -0.4 is 0 Å². The fraction of sp³-hybridized carbons (Fsp3) is 0.462. The second kappa shape index (κ2) is 4.85. The van der Waals surface area contributed by atoms with Gasteiger partial charge in [-0.15, -0.1) is 0 Å². The smallest absolute Gasteiger partial charge is 0.338 e. The fourth-order valence-electron chi connectivity index (χ4n) is 1.96. The molecule has 17 heavy (non-hydrogen) atoms. The molecule has 4 nitrogen and oxygen atoms in total. The Labute approximate surface area is 100 Å². The number of hydrogen-bond acceptors (Lipinski definition) is 4. The first kappa shape index (κ1) is 12.1. The number of carbonyl (C=O) groups excluding carboxylic acids is 1. The Balaban J connectivity index is 1.76. The quantitative estimate of drug-likeness (QED) is 0.800. The minimum Gasteiger partial charge on any atom is -0.467 e. The van der Waals surface area contributed by atoms with E-state index in [1.54, 1.807) is 0 Å². The summed E-state index contributed by atoms with van der Waals surface area (Å²) in [6.45, 7) is 0.503. The van der Waals surface area contributed by atoms with Crippen molar-refractivity contribution in [1.82, 2.24) is 0 Å². The fourth-order valence-corrected chi connectivity index (χ4v) is 1.96. The molecule has 0 bridgehead atoms. The van der Waals surface area contributed by atoms with E-state index in [0.717, 1.165) is 5.56 Å². The zero-order valence-corrected chi connectivity index (χ0v) is 9.76. The highest BCUT2D eigenvalue weighted by Crippen LogP contribution is 2.35. The monoisotopic (exact) mass is 236 g/mol. The summed E-state index contributed by atoms with van der Waals surface area (Å²) in [5.74, 6) is -0.572. The molecule has 4 heteroatoms. The zero-order chi connectivity index (χ0) is 12.3. The van der Waals surface area contributed by atoms with Gasteiger partial charge in [-0.25, -0.2) is 4.79 Å². The van der Waals surface area contributed by atoms with Gasteiger partial charge in [0.25, 0.3) is 0 Å². The van der Waals surface area contributed by atoms with Crippen molar-refractivity contribution in [3.8, 4) is 0 Å². The molecule has 0 radical (unpaired) electrons. The predicted molar refractivity (Wildman–Crippen MR) is 61.2 cm³/mol. The van der Waals surface area contributed by atoms with E-state index in [4.69, 9.17) is 4.74 Å². The van der Waals surface area contributed by atoms with Crippen LogP contribution in [-0.4, -0.2) is 29.9 Å². The third-order valence-corrected chi connectivity index (χ3v) is 3.02. The maximum Gasteiger partial charge on any atom is 0.338 e. The highest BCUT2D eigenvalue weighted by Gasteiger charge is 2.50. The van der Waals surface area contributed by atoms with Gasteiger partial charge in [0.15, 0.2) is 5.60 Å². The zero-order valence-electron chi connectivity index (χ0n) is 9.76. The molecule has 0 atom stereocenters. The molecular weight excluding hydrogens is 220 g/mol. The third kappa shape index (κ3) is 2.65. The first-order valence-electron chi connectivity index (χ1n) is 5.60. The van der Waals surface area contributed by atoms with Crippen LogP contribution in [0.2, 0.25) is 0 Å². The van der Waals surface area contributed by atoms with Crippen molar-refractivity contribution in [1.29, 1.82) is 0 Å². The van der Waals surface area contributed by atoms with E-state index in [9.17, 15) is 9.90 Å². The molecule has 1 aliphatic rings. The maximum absolute atomic E-state index is 11.2. The van der Waals surface area contributed by atoms with Crippen molar-refractivity contribution in [3.63, 3.8) is 0 Å². The van der Waals surface area contributed by atoms with Crippen LogP contribution in [0.4, 0.5) is 0 Å². The van der Waals surface area contributed by atoms with E-state index in [0.29, 0.717) is 19.4 Å². The lowest BCUT2D eigenvalue weighted by Gasteiger charge is -2.40. The van der Waals surface area contributed by atoms with Crippen LogP contribution in [0.1, 0.15) is 18.4 Å². The molecule has 1 N–H and O–H groups in total. The molecule has 1 aromatic carbocycles. The number of rotatable bonds is 4. The summed E-state index contributed by atoms with van der Waals surface area (Å²) in [6, 6.07) is 9.80. The molecule has 1 saturated carbocycles. The number of ether oxygens (including phenoxy) is 2. The normalized spacial score (nSPS) is 27.3. The Kier molecular flexibility index (Phi) is 3.45. The Morgan fingerprint density at radius 2 is 2.06 bits per heavy atom. The molecule has 92 valence electrons. The van der Waals surface area contributed by atoms with Crippen LogP contribution in [0.5, 0.6) is 0 Å². The minimum absolute atomic E-state index is 0.0701. The third-order valence-electron chi connectivity index (χ3n) is 3.02. The van der Waals surface area contributed by atoms with Gasteiger partial charge in [-0.3, -0.25) is 0 Å². The summed E-state index contributed by atoms with van der Waals surface area (Å²) in [4.78, 5) is 11.2. The molecule has 0 spiro atoms. The molecule has 0 aromatic heterocycles.